The van der Waals surface area contributed by atoms with Crippen LogP contribution < -0.4 is 20.7 Å². The van der Waals surface area contributed by atoms with Crippen LogP contribution >= 0.6 is 0 Å². The van der Waals surface area contributed by atoms with Crippen LogP contribution in [0.1, 0.15) is 0 Å². The molecule has 4 heteroatoms. The Labute approximate surface area is 407 Å². The Morgan fingerprint density at radius 1 is 0.243 bits per heavy atom. The maximum Gasteiger partial charge on any atom is 0.179 e. The van der Waals surface area contributed by atoms with Crippen molar-refractivity contribution in [1.29, 1.82) is 0 Å². The van der Waals surface area contributed by atoms with Crippen LogP contribution in [0.3, 0.4) is 0 Å². The average Bonchev–Trinajstić information content (AvgIpc) is 4.08. The maximum atomic E-state index is 2.54. The van der Waals surface area contributed by atoms with Gasteiger partial charge in [-0.25, -0.2) is 0 Å². The lowest BCUT2D eigenvalue weighted by Crippen LogP contribution is -2.74. The second-order valence-corrected chi connectivity index (χ2v) is 22.2. The number of nitrogens with zero attached hydrogens (tertiary/aromatic N) is 3. The second kappa shape index (κ2) is 16.1. The van der Waals surface area contributed by atoms with E-state index in [1.807, 2.05) is 0 Å². The zero-order valence-corrected chi connectivity index (χ0v) is 39.3. The van der Waals surface area contributed by atoms with E-state index in [-0.39, 0.29) is 0 Å². The Hall–Kier alpha value is -8.96. The normalized spacial score (nSPS) is 12.0. The van der Waals surface area contributed by atoms with E-state index in [4.69, 9.17) is 0 Å². The molecule has 0 radical (unpaired) electrons. The minimum Gasteiger partial charge on any atom is -0.309 e. The fourth-order valence-electron chi connectivity index (χ4n) is 11.9. The number of rotatable bonds is 8. The Balaban J connectivity index is 1.02. The van der Waals surface area contributed by atoms with Crippen LogP contribution in [-0.2, 0) is 0 Å². The summed E-state index contributed by atoms with van der Waals surface area (Å²) >= 11 is 0. The molecule has 0 aliphatic heterocycles. The lowest BCUT2D eigenvalue weighted by atomic mass is 9.99. The van der Waals surface area contributed by atoms with Crippen molar-refractivity contribution < 1.29 is 0 Å². The Morgan fingerprint density at radius 2 is 0.657 bits per heavy atom. The number of hydrogen-bond donors (Lipinski definition) is 0. The summed E-state index contributed by atoms with van der Waals surface area (Å²) in [6.45, 7) is 0. The zero-order chi connectivity index (χ0) is 46.2. The summed E-state index contributed by atoms with van der Waals surface area (Å²) in [6.07, 6.45) is 0. The molecule has 0 aliphatic rings. The monoisotopic (exact) mass is 907 g/mol. The zero-order valence-electron chi connectivity index (χ0n) is 38.3. The standard InChI is InChI=1S/C66H45N3Si/c1-5-21-47(22-6-1)67-60-35-16-15-31-56(60)59-45-46(39-44-63(59)67)53-32-19-33-57-54-29-14-18-37-62(54)69(65(53)57)64-38-20-34-58-55-30-13-17-36-61(55)68(66(58)64)48-40-42-52(43-41-48)70(49-23-7-2-8-24-49,50-25-9-3-10-26-50)51-27-11-4-12-28-51/h1-45H. The van der Waals surface area contributed by atoms with E-state index in [2.05, 4.69) is 287 Å². The summed E-state index contributed by atoms with van der Waals surface area (Å²) in [5, 5.41) is 12.8. The Morgan fingerprint density at radius 3 is 1.24 bits per heavy atom. The first kappa shape index (κ1) is 40.1. The van der Waals surface area contributed by atoms with Gasteiger partial charge in [0.1, 0.15) is 0 Å². The summed E-state index contributed by atoms with van der Waals surface area (Å²) < 4.78 is 7.45. The van der Waals surface area contributed by atoms with E-state index in [1.165, 1.54) is 97.3 Å². The van der Waals surface area contributed by atoms with Gasteiger partial charge < -0.3 is 13.7 Å². The molecule has 0 bridgehead atoms. The van der Waals surface area contributed by atoms with E-state index >= 15 is 0 Å². The van der Waals surface area contributed by atoms with Crippen molar-refractivity contribution in [3.05, 3.63) is 273 Å². The summed E-state index contributed by atoms with van der Waals surface area (Å²) in [5.74, 6) is 0. The SMILES string of the molecule is c1ccc(-n2c3ccccc3c3cc(-c4cccc5c6ccccc6n(-c6cccc7c8ccccc8n(-c8ccc([Si](c9ccccc9)(c9ccccc9)c9ccccc9)cc8)c67)c45)ccc32)cc1. The smallest absolute Gasteiger partial charge is 0.179 e. The first-order valence-electron chi connectivity index (χ1n) is 24.2. The van der Waals surface area contributed by atoms with Crippen LogP contribution in [0.15, 0.2) is 273 Å². The molecule has 0 aliphatic carbocycles. The van der Waals surface area contributed by atoms with Crippen LogP contribution in [0.2, 0.25) is 0 Å². The summed E-state index contributed by atoms with van der Waals surface area (Å²) in [6, 6.07) is 101. The minimum atomic E-state index is -2.73. The molecular formula is C66H45N3Si. The van der Waals surface area contributed by atoms with Crippen LogP contribution in [0, 0.1) is 0 Å². The van der Waals surface area contributed by atoms with Gasteiger partial charge in [0.2, 0.25) is 0 Å². The van der Waals surface area contributed by atoms with Crippen LogP contribution in [-0.4, -0.2) is 21.8 Å². The van der Waals surface area contributed by atoms with Gasteiger partial charge in [0, 0.05) is 49.3 Å². The molecule has 0 saturated heterocycles. The molecule has 0 N–H and O–H groups in total. The molecule has 0 fully saturated rings. The highest BCUT2D eigenvalue weighted by atomic mass is 28.3. The molecule has 0 amide bonds. The molecule has 3 aromatic heterocycles. The highest BCUT2D eigenvalue weighted by molar-refractivity contribution is 7.19. The summed E-state index contributed by atoms with van der Waals surface area (Å²) in [7, 11) is -2.73. The maximum absolute atomic E-state index is 2.73. The lowest BCUT2D eigenvalue weighted by molar-refractivity contribution is 1.13. The minimum absolute atomic E-state index is 1.13. The molecule has 14 rings (SSSR count). The Kier molecular flexibility index (Phi) is 9.23. The average molecular weight is 908 g/mol. The van der Waals surface area contributed by atoms with Gasteiger partial charge in [0.05, 0.1) is 38.8 Å². The molecule has 328 valence electrons. The molecule has 0 spiro atoms. The van der Waals surface area contributed by atoms with Gasteiger partial charge in [-0.3, -0.25) is 0 Å². The summed E-state index contributed by atoms with van der Waals surface area (Å²) in [5.41, 5.74) is 12.9. The van der Waals surface area contributed by atoms with E-state index in [0.717, 1.165) is 17.1 Å². The van der Waals surface area contributed by atoms with Crippen molar-refractivity contribution in [3.8, 4) is 28.2 Å². The number of aromatic nitrogens is 3. The van der Waals surface area contributed by atoms with Gasteiger partial charge >= 0.3 is 0 Å². The van der Waals surface area contributed by atoms with Gasteiger partial charge in [-0.15, -0.1) is 0 Å². The number of fused-ring (bicyclic) bond motifs is 9. The summed E-state index contributed by atoms with van der Waals surface area (Å²) in [4.78, 5) is 0. The van der Waals surface area contributed by atoms with Crippen molar-refractivity contribution in [1.82, 2.24) is 13.7 Å². The van der Waals surface area contributed by atoms with Crippen molar-refractivity contribution in [2.75, 3.05) is 0 Å². The second-order valence-electron chi connectivity index (χ2n) is 18.4. The molecule has 0 saturated carbocycles. The van der Waals surface area contributed by atoms with Crippen molar-refractivity contribution in [2.24, 2.45) is 0 Å². The van der Waals surface area contributed by atoms with E-state index in [9.17, 15) is 0 Å². The molecule has 3 heterocycles. The molecule has 0 unspecified atom stereocenters. The van der Waals surface area contributed by atoms with Gasteiger partial charge in [0.15, 0.2) is 8.07 Å². The highest BCUT2D eigenvalue weighted by Crippen LogP contribution is 2.43. The predicted molar refractivity (Wildman–Crippen MR) is 299 cm³/mol. The van der Waals surface area contributed by atoms with Gasteiger partial charge in [-0.1, -0.05) is 212 Å². The number of benzene rings is 11. The van der Waals surface area contributed by atoms with E-state index in [1.54, 1.807) is 0 Å². The van der Waals surface area contributed by atoms with Crippen molar-refractivity contribution >= 4 is 94.2 Å². The molecule has 70 heavy (non-hydrogen) atoms. The largest absolute Gasteiger partial charge is 0.309 e. The lowest BCUT2D eigenvalue weighted by Gasteiger charge is -2.34. The first-order valence-corrected chi connectivity index (χ1v) is 26.2. The van der Waals surface area contributed by atoms with Gasteiger partial charge in [0.25, 0.3) is 0 Å². The van der Waals surface area contributed by atoms with E-state index < -0.39 is 8.07 Å². The van der Waals surface area contributed by atoms with E-state index in [0.29, 0.717) is 0 Å². The van der Waals surface area contributed by atoms with Crippen molar-refractivity contribution in [2.45, 2.75) is 0 Å². The van der Waals surface area contributed by atoms with Crippen molar-refractivity contribution in [3.63, 3.8) is 0 Å². The molecule has 0 atom stereocenters. The predicted octanol–water partition coefficient (Wildman–Crippen LogP) is 14.0. The number of hydrogen-bond acceptors (Lipinski definition) is 0. The van der Waals surface area contributed by atoms with Gasteiger partial charge in [-0.2, -0.15) is 0 Å². The fourth-order valence-corrected chi connectivity index (χ4v) is 16.6. The van der Waals surface area contributed by atoms with Gasteiger partial charge in [-0.05, 0) is 87.0 Å². The third-order valence-corrected chi connectivity index (χ3v) is 19.6. The first-order chi connectivity index (χ1) is 34.8. The highest BCUT2D eigenvalue weighted by Gasteiger charge is 2.41. The molecule has 11 aromatic carbocycles. The quantitative estimate of drug-likeness (QED) is 0.107. The number of para-hydroxylation sites is 6. The third kappa shape index (κ3) is 5.94. The molecular weight excluding hydrogens is 863 g/mol. The van der Waals surface area contributed by atoms with Crippen LogP contribution in [0.25, 0.3) is 93.6 Å². The van der Waals surface area contributed by atoms with Crippen LogP contribution in [0.5, 0.6) is 0 Å². The fraction of sp³-hybridized carbons (Fsp3) is 0. The Bertz CT molecular complexity index is 4170. The third-order valence-electron chi connectivity index (χ3n) is 14.8. The topological polar surface area (TPSA) is 14.8 Å². The van der Waals surface area contributed by atoms with Crippen LogP contribution in [0.4, 0.5) is 0 Å². The molecule has 14 aromatic rings. The molecule has 3 nitrogen and oxygen atoms in total.